The van der Waals surface area contributed by atoms with Gasteiger partial charge in [0.25, 0.3) is 5.91 Å². The molecule has 2 saturated heterocycles. The quantitative estimate of drug-likeness (QED) is 0.898. The van der Waals surface area contributed by atoms with Gasteiger partial charge in [-0.05, 0) is 25.3 Å². The van der Waals surface area contributed by atoms with E-state index in [1.54, 1.807) is 21.7 Å². The van der Waals surface area contributed by atoms with Crippen molar-refractivity contribution in [2.75, 3.05) is 26.7 Å². The Bertz CT molecular complexity index is 607. The first-order valence-corrected chi connectivity index (χ1v) is 8.45. The first kappa shape index (κ1) is 16.3. The molecule has 0 bridgehead atoms. The van der Waals surface area contributed by atoms with Crippen LogP contribution in [0.2, 0.25) is 5.02 Å². The molecule has 0 spiro atoms. The number of likely N-dealkylation sites (N-methyl/N-ethyl adjacent to an activating group) is 1. The van der Waals surface area contributed by atoms with Gasteiger partial charge < -0.3 is 14.8 Å². The van der Waals surface area contributed by atoms with Gasteiger partial charge in [0.2, 0.25) is 5.91 Å². The molecule has 2 amide bonds. The first-order valence-electron chi connectivity index (χ1n) is 8.07. The van der Waals surface area contributed by atoms with Crippen molar-refractivity contribution in [3.05, 3.63) is 23.0 Å². The van der Waals surface area contributed by atoms with E-state index in [0.29, 0.717) is 10.7 Å². The summed E-state index contributed by atoms with van der Waals surface area (Å²) in [5, 5.41) is 3.65. The minimum absolute atomic E-state index is 0.0309. The molecule has 2 fully saturated rings. The molecule has 3 heterocycles. The van der Waals surface area contributed by atoms with Crippen LogP contribution in [-0.4, -0.2) is 64.9 Å². The lowest BCUT2D eigenvalue weighted by molar-refractivity contribution is -0.131. The smallest absolute Gasteiger partial charge is 0.268 e. The van der Waals surface area contributed by atoms with Crippen LogP contribution in [0.15, 0.2) is 12.3 Å². The van der Waals surface area contributed by atoms with E-state index in [0.717, 1.165) is 38.9 Å². The summed E-state index contributed by atoms with van der Waals surface area (Å²) in [6.45, 7) is 2.54. The number of likely N-dealkylation sites (tertiary alicyclic amines) is 2. The highest BCUT2D eigenvalue weighted by Gasteiger charge is 2.35. The van der Waals surface area contributed by atoms with Crippen molar-refractivity contribution in [2.24, 2.45) is 7.05 Å². The second-order valence-electron chi connectivity index (χ2n) is 6.50. The molecule has 2 aliphatic heterocycles. The monoisotopic (exact) mass is 338 g/mol. The lowest BCUT2D eigenvalue weighted by Crippen LogP contribution is -2.50. The van der Waals surface area contributed by atoms with Crippen LogP contribution in [-0.2, 0) is 11.8 Å². The Hall–Kier alpha value is -1.53. The van der Waals surface area contributed by atoms with E-state index in [4.69, 9.17) is 11.6 Å². The van der Waals surface area contributed by atoms with Crippen molar-refractivity contribution in [2.45, 2.75) is 31.3 Å². The van der Waals surface area contributed by atoms with Gasteiger partial charge in [-0.2, -0.15) is 0 Å². The molecular weight excluding hydrogens is 316 g/mol. The first-order chi connectivity index (χ1) is 11.0. The fourth-order valence-corrected chi connectivity index (χ4v) is 3.76. The molecule has 0 saturated carbocycles. The Balaban J connectivity index is 1.52. The van der Waals surface area contributed by atoms with Gasteiger partial charge in [0.05, 0.1) is 11.1 Å². The number of halogens is 1. The Labute approximate surface area is 141 Å². The minimum Gasteiger partial charge on any atom is -0.348 e. The third-order valence-electron chi connectivity index (χ3n) is 4.91. The molecule has 0 aromatic carbocycles. The summed E-state index contributed by atoms with van der Waals surface area (Å²) in [5.41, 5.74) is 0.574. The van der Waals surface area contributed by atoms with Crippen LogP contribution in [0.4, 0.5) is 0 Å². The Kier molecular flexibility index (Phi) is 4.64. The maximum atomic E-state index is 12.3. The number of nitrogens with one attached hydrogen (secondary N) is 1. The lowest BCUT2D eigenvalue weighted by Gasteiger charge is -2.35. The molecule has 1 atom stereocenters. The maximum absolute atomic E-state index is 12.3. The van der Waals surface area contributed by atoms with E-state index in [1.165, 1.54) is 0 Å². The molecule has 1 aromatic heterocycles. The standard InChI is InChI=1S/C16H23ClN4O2/c1-19-6-5-13(16(19)23)21-7-3-12(4-8-21)18-15(22)14-9-11(17)10-20(14)2/h9-10,12-13H,3-8H2,1-2H3,(H,18,22). The Morgan fingerprint density at radius 2 is 1.91 bits per heavy atom. The van der Waals surface area contributed by atoms with Crippen molar-refractivity contribution in [3.63, 3.8) is 0 Å². The summed E-state index contributed by atoms with van der Waals surface area (Å²) < 4.78 is 1.74. The number of nitrogens with zero attached hydrogens (tertiary/aromatic N) is 3. The van der Waals surface area contributed by atoms with E-state index in [-0.39, 0.29) is 23.9 Å². The van der Waals surface area contributed by atoms with Crippen molar-refractivity contribution < 1.29 is 9.59 Å². The average Bonchev–Trinajstić information content (AvgIpc) is 3.03. The third-order valence-corrected chi connectivity index (χ3v) is 5.12. The molecule has 1 N–H and O–H groups in total. The number of rotatable bonds is 3. The second-order valence-corrected chi connectivity index (χ2v) is 6.94. The number of piperidine rings is 1. The third kappa shape index (κ3) is 3.38. The van der Waals surface area contributed by atoms with Gasteiger partial charge in [0.1, 0.15) is 5.69 Å². The molecule has 0 aliphatic carbocycles. The normalized spacial score (nSPS) is 23.5. The Morgan fingerprint density at radius 3 is 2.43 bits per heavy atom. The van der Waals surface area contributed by atoms with Gasteiger partial charge in [-0.25, -0.2) is 0 Å². The molecule has 0 radical (unpaired) electrons. The van der Waals surface area contributed by atoms with Crippen LogP contribution in [0.25, 0.3) is 0 Å². The number of aryl methyl sites for hydroxylation is 1. The highest BCUT2D eigenvalue weighted by atomic mass is 35.5. The topological polar surface area (TPSA) is 57.6 Å². The van der Waals surface area contributed by atoms with Crippen LogP contribution < -0.4 is 5.32 Å². The maximum Gasteiger partial charge on any atom is 0.268 e. The van der Waals surface area contributed by atoms with E-state index >= 15 is 0 Å². The molecule has 23 heavy (non-hydrogen) atoms. The van der Waals surface area contributed by atoms with Crippen molar-refractivity contribution in [1.82, 2.24) is 19.7 Å². The number of amides is 2. The Morgan fingerprint density at radius 1 is 1.22 bits per heavy atom. The second kappa shape index (κ2) is 6.53. The van der Waals surface area contributed by atoms with Gasteiger partial charge >= 0.3 is 0 Å². The SMILES string of the molecule is CN1CCC(N2CCC(NC(=O)c3cc(Cl)cn3C)CC2)C1=O. The molecular formula is C16H23ClN4O2. The van der Waals surface area contributed by atoms with E-state index in [9.17, 15) is 9.59 Å². The van der Waals surface area contributed by atoms with Crippen molar-refractivity contribution in [3.8, 4) is 0 Å². The lowest BCUT2D eigenvalue weighted by atomic mass is 10.0. The molecule has 7 heteroatoms. The van der Waals surface area contributed by atoms with Gasteiger partial charge in [-0.15, -0.1) is 0 Å². The summed E-state index contributed by atoms with van der Waals surface area (Å²) in [4.78, 5) is 28.5. The fraction of sp³-hybridized carbons (Fsp3) is 0.625. The molecule has 1 unspecified atom stereocenters. The summed E-state index contributed by atoms with van der Waals surface area (Å²) in [7, 11) is 3.67. The highest BCUT2D eigenvalue weighted by Crippen LogP contribution is 2.21. The number of aromatic nitrogens is 1. The largest absolute Gasteiger partial charge is 0.348 e. The number of carbonyl (C=O) groups excluding carboxylic acids is 2. The van der Waals surface area contributed by atoms with Crippen molar-refractivity contribution >= 4 is 23.4 Å². The minimum atomic E-state index is -0.0884. The van der Waals surface area contributed by atoms with Gasteiger partial charge in [0, 0.05) is 46.0 Å². The zero-order valence-corrected chi connectivity index (χ0v) is 14.3. The van der Waals surface area contributed by atoms with E-state index in [1.807, 2.05) is 14.1 Å². The number of carbonyl (C=O) groups is 2. The zero-order chi connectivity index (χ0) is 16.6. The number of hydrogen-bond donors (Lipinski definition) is 1. The summed E-state index contributed by atoms with van der Waals surface area (Å²) in [5.74, 6) is 0.139. The molecule has 2 aliphatic rings. The van der Waals surface area contributed by atoms with Crippen LogP contribution >= 0.6 is 11.6 Å². The van der Waals surface area contributed by atoms with Crippen molar-refractivity contribution in [1.29, 1.82) is 0 Å². The summed E-state index contributed by atoms with van der Waals surface area (Å²) >= 11 is 5.93. The molecule has 1 aromatic rings. The molecule has 6 nitrogen and oxygen atoms in total. The van der Waals surface area contributed by atoms with Gasteiger partial charge in [-0.1, -0.05) is 11.6 Å². The van der Waals surface area contributed by atoms with E-state index in [2.05, 4.69) is 10.2 Å². The van der Waals surface area contributed by atoms with Gasteiger partial charge in [-0.3, -0.25) is 14.5 Å². The number of hydrogen-bond acceptors (Lipinski definition) is 3. The van der Waals surface area contributed by atoms with Crippen LogP contribution in [0.5, 0.6) is 0 Å². The van der Waals surface area contributed by atoms with Crippen LogP contribution in [0, 0.1) is 0 Å². The predicted octanol–water partition coefficient (Wildman–Crippen LogP) is 1.10. The summed E-state index contributed by atoms with van der Waals surface area (Å²) in [6, 6.07) is 1.86. The van der Waals surface area contributed by atoms with E-state index < -0.39 is 0 Å². The fourth-order valence-electron chi connectivity index (χ4n) is 3.51. The summed E-state index contributed by atoms with van der Waals surface area (Å²) in [6.07, 6.45) is 4.38. The molecule has 126 valence electrons. The van der Waals surface area contributed by atoms with Gasteiger partial charge in [0.15, 0.2) is 0 Å². The zero-order valence-electron chi connectivity index (χ0n) is 13.6. The predicted molar refractivity (Wildman–Crippen MR) is 88.5 cm³/mol. The van der Waals surface area contributed by atoms with Crippen LogP contribution in [0.1, 0.15) is 29.8 Å². The van der Waals surface area contributed by atoms with Crippen LogP contribution in [0.3, 0.4) is 0 Å². The molecule has 3 rings (SSSR count). The average molecular weight is 339 g/mol. The highest BCUT2D eigenvalue weighted by molar-refractivity contribution is 6.31.